The zero-order valence-electron chi connectivity index (χ0n) is 14.2. The first-order chi connectivity index (χ1) is 10.8. The first kappa shape index (κ1) is 15.0. The second-order valence-electron chi connectivity index (χ2n) is 8.44. The van der Waals surface area contributed by atoms with Crippen LogP contribution in [0.1, 0.15) is 27.2 Å². The number of likely N-dealkylation sites (tertiary alicyclic amines) is 1. The summed E-state index contributed by atoms with van der Waals surface area (Å²) in [5, 5.41) is 0. The molecule has 0 spiro atoms. The Hall–Kier alpha value is -1.52. The number of carbonyl (C=O) groups is 2. The molecule has 126 valence electrons. The highest BCUT2D eigenvalue weighted by Gasteiger charge is 2.66. The molecule has 2 saturated carbocycles. The fourth-order valence-electron chi connectivity index (χ4n) is 5.23. The number of rotatable bonds is 1. The Morgan fingerprint density at radius 3 is 2.39 bits per heavy atom. The summed E-state index contributed by atoms with van der Waals surface area (Å²) in [6.45, 7) is 6.15. The van der Waals surface area contributed by atoms with Gasteiger partial charge in [0.05, 0.1) is 7.11 Å². The van der Waals surface area contributed by atoms with Crippen molar-refractivity contribution < 1.29 is 19.1 Å². The monoisotopic (exact) mass is 319 g/mol. The van der Waals surface area contributed by atoms with Gasteiger partial charge in [0.15, 0.2) is 0 Å². The molecule has 3 fully saturated rings. The van der Waals surface area contributed by atoms with E-state index in [4.69, 9.17) is 9.47 Å². The summed E-state index contributed by atoms with van der Waals surface area (Å²) >= 11 is 0. The molecule has 0 aromatic rings. The molecule has 0 aromatic carbocycles. The van der Waals surface area contributed by atoms with Crippen molar-refractivity contribution in [3.8, 4) is 0 Å². The lowest BCUT2D eigenvalue weighted by Gasteiger charge is -2.41. The second-order valence-corrected chi connectivity index (χ2v) is 8.44. The smallest absolute Gasteiger partial charge is 0.411 e. The van der Waals surface area contributed by atoms with Gasteiger partial charge in [0.2, 0.25) is 0 Å². The lowest BCUT2D eigenvalue weighted by molar-refractivity contribution is -0.148. The van der Waals surface area contributed by atoms with Crippen LogP contribution in [0.25, 0.3) is 0 Å². The molecule has 0 aromatic heterocycles. The van der Waals surface area contributed by atoms with Crippen molar-refractivity contribution in [2.24, 2.45) is 35.5 Å². The van der Waals surface area contributed by atoms with Crippen LogP contribution in [-0.4, -0.2) is 42.3 Å². The first-order valence-corrected chi connectivity index (χ1v) is 8.57. The maximum atomic E-state index is 12.6. The first-order valence-electron chi connectivity index (χ1n) is 8.57. The molecule has 5 rings (SSSR count). The summed E-state index contributed by atoms with van der Waals surface area (Å²) in [7, 11) is 1.40. The standard InChI is InChI=1S/C18H25NO4/c1-18(2,3)23-17(21)19-8-13-9-5-6-10(12-7-11(9)12)14(13)15(19)16(20)22-4/h5-6,9-15H,7-8H2,1-4H3/t9-,10+,11+,12-,13-,14+,15+/m1/s1. The van der Waals surface area contributed by atoms with Crippen molar-refractivity contribution >= 4 is 12.1 Å². The van der Waals surface area contributed by atoms with Crippen LogP contribution in [-0.2, 0) is 14.3 Å². The van der Waals surface area contributed by atoms with Crippen LogP contribution >= 0.6 is 0 Å². The van der Waals surface area contributed by atoms with Gasteiger partial charge in [-0.1, -0.05) is 12.2 Å². The highest BCUT2D eigenvalue weighted by atomic mass is 16.6. The van der Waals surface area contributed by atoms with Gasteiger partial charge >= 0.3 is 12.1 Å². The number of ether oxygens (including phenoxy) is 2. The van der Waals surface area contributed by atoms with Crippen molar-refractivity contribution in [2.45, 2.75) is 38.8 Å². The Morgan fingerprint density at radius 2 is 1.74 bits per heavy atom. The van der Waals surface area contributed by atoms with Crippen LogP contribution in [0.5, 0.6) is 0 Å². The number of esters is 1. The Labute approximate surface area is 137 Å². The van der Waals surface area contributed by atoms with E-state index in [1.807, 2.05) is 20.8 Å². The minimum Gasteiger partial charge on any atom is -0.467 e. The van der Waals surface area contributed by atoms with Crippen molar-refractivity contribution in [2.75, 3.05) is 13.7 Å². The molecule has 0 N–H and O–H groups in total. The van der Waals surface area contributed by atoms with E-state index in [1.54, 1.807) is 4.90 Å². The third-order valence-corrected chi connectivity index (χ3v) is 6.05. The maximum Gasteiger partial charge on any atom is 0.411 e. The normalized spacial score (nSPS) is 43.0. The summed E-state index contributed by atoms with van der Waals surface area (Å²) in [5.41, 5.74) is -0.565. The van der Waals surface area contributed by atoms with Gasteiger partial charge in [-0.15, -0.1) is 0 Å². The van der Waals surface area contributed by atoms with E-state index in [2.05, 4.69) is 12.2 Å². The van der Waals surface area contributed by atoms with E-state index in [9.17, 15) is 9.59 Å². The number of hydrogen-bond donors (Lipinski definition) is 0. The van der Waals surface area contributed by atoms with Gasteiger partial charge in [0.1, 0.15) is 11.6 Å². The maximum absolute atomic E-state index is 12.6. The molecule has 1 aliphatic heterocycles. The van der Waals surface area contributed by atoms with Crippen molar-refractivity contribution in [1.29, 1.82) is 0 Å². The molecule has 1 amide bonds. The van der Waals surface area contributed by atoms with Crippen molar-refractivity contribution in [1.82, 2.24) is 4.90 Å². The van der Waals surface area contributed by atoms with Gasteiger partial charge in [0.25, 0.3) is 0 Å². The molecule has 5 heteroatoms. The van der Waals surface area contributed by atoms with Gasteiger partial charge in [-0.05, 0) is 56.8 Å². The summed E-state index contributed by atoms with van der Waals surface area (Å²) in [5.74, 6) is 2.64. The Bertz CT molecular complexity index is 578. The predicted molar refractivity (Wildman–Crippen MR) is 83.4 cm³/mol. The van der Waals surface area contributed by atoms with Gasteiger partial charge in [-0.25, -0.2) is 9.59 Å². The highest BCUT2D eigenvalue weighted by molar-refractivity contribution is 5.83. The van der Waals surface area contributed by atoms with E-state index >= 15 is 0 Å². The molecule has 2 bridgehead atoms. The van der Waals surface area contributed by atoms with Crippen LogP contribution in [0, 0.1) is 35.5 Å². The predicted octanol–water partition coefficient (Wildman–Crippen LogP) is 2.46. The summed E-state index contributed by atoms with van der Waals surface area (Å²) in [6, 6.07) is -0.501. The molecule has 7 atom stereocenters. The van der Waals surface area contributed by atoms with E-state index in [0.717, 1.165) is 5.92 Å². The molecule has 5 aliphatic rings. The fraction of sp³-hybridized carbons (Fsp3) is 0.778. The highest BCUT2D eigenvalue weighted by Crippen LogP contribution is 2.66. The third kappa shape index (κ3) is 2.19. The number of methoxy groups -OCH3 is 1. The number of carbonyl (C=O) groups excluding carboxylic acids is 2. The molecule has 23 heavy (non-hydrogen) atoms. The number of amides is 1. The van der Waals surface area contributed by atoms with Gasteiger partial charge < -0.3 is 9.47 Å². The summed E-state index contributed by atoms with van der Waals surface area (Å²) in [4.78, 5) is 26.7. The minimum absolute atomic E-state index is 0.189. The van der Waals surface area contributed by atoms with Crippen LogP contribution < -0.4 is 0 Å². The average Bonchev–Trinajstić information content (AvgIpc) is 3.19. The third-order valence-electron chi connectivity index (χ3n) is 6.05. The van der Waals surface area contributed by atoms with Crippen LogP contribution in [0.15, 0.2) is 12.2 Å². The van der Waals surface area contributed by atoms with Crippen LogP contribution in [0.4, 0.5) is 4.79 Å². The fourth-order valence-corrected chi connectivity index (χ4v) is 5.23. The van der Waals surface area contributed by atoms with Crippen molar-refractivity contribution in [3.05, 3.63) is 12.2 Å². The molecular weight excluding hydrogens is 294 g/mol. The molecule has 0 radical (unpaired) electrons. The number of nitrogens with zero attached hydrogens (tertiary/aromatic N) is 1. The SMILES string of the molecule is COC(=O)[C@@H]1[C@H]2[C@H]3C=C[C@@H]([C@H]2CN1C(=O)OC(C)(C)C)[C@@H]1C[C@H]31. The van der Waals surface area contributed by atoms with E-state index in [0.29, 0.717) is 30.2 Å². The van der Waals surface area contributed by atoms with Crippen LogP contribution in [0.2, 0.25) is 0 Å². The zero-order chi connectivity index (χ0) is 16.5. The molecule has 1 heterocycles. The minimum atomic E-state index is -0.565. The summed E-state index contributed by atoms with van der Waals surface area (Å²) < 4.78 is 10.6. The summed E-state index contributed by atoms with van der Waals surface area (Å²) in [6.07, 6.45) is 5.49. The topological polar surface area (TPSA) is 55.8 Å². The molecule has 1 saturated heterocycles. The Balaban J connectivity index is 1.64. The quantitative estimate of drug-likeness (QED) is 0.550. The zero-order valence-corrected chi connectivity index (χ0v) is 14.2. The molecule has 0 unspecified atom stereocenters. The Morgan fingerprint density at radius 1 is 1.09 bits per heavy atom. The van der Waals surface area contributed by atoms with E-state index < -0.39 is 17.7 Å². The lowest BCUT2D eigenvalue weighted by atomic mass is 9.62. The largest absolute Gasteiger partial charge is 0.467 e. The van der Waals surface area contributed by atoms with Gasteiger partial charge in [0, 0.05) is 12.5 Å². The Kier molecular flexibility index (Phi) is 3.10. The number of hydrogen-bond acceptors (Lipinski definition) is 4. The van der Waals surface area contributed by atoms with E-state index in [1.165, 1.54) is 13.5 Å². The average molecular weight is 319 g/mol. The second kappa shape index (κ2) is 4.74. The lowest BCUT2D eigenvalue weighted by Crippen LogP contribution is -2.48. The number of allylic oxidation sites excluding steroid dienone is 2. The molecule has 5 nitrogen and oxygen atoms in total. The van der Waals surface area contributed by atoms with Crippen molar-refractivity contribution in [3.63, 3.8) is 0 Å². The van der Waals surface area contributed by atoms with Gasteiger partial charge in [-0.2, -0.15) is 0 Å². The molecule has 4 aliphatic carbocycles. The van der Waals surface area contributed by atoms with Gasteiger partial charge in [-0.3, -0.25) is 4.90 Å². The van der Waals surface area contributed by atoms with Crippen LogP contribution in [0.3, 0.4) is 0 Å². The molecular formula is C18H25NO4. The van der Waals surface area contributed by atoms with E-state index in [-0.39, 0.29) is 11.9 Å².